The van der Waals surface area contributed by atoms with E-state index in [0.717, 1.165) is 11.0 Å². The largest absolute Gasteiger partial charge is 0.497 e. The highest BCUT2D eigenvalue weighted by Crippen LogP contribution is 2.16. The number of H-pyrrole nitrogens is 1. The van der Waals surface area contributed by atoms with Crippen LogP contribution >= 0.6 is 0 Å². The van der Waals surface area contributed by atoms with Gasteiger partial charge in [-0.3, -0.25) is 9.00 Å². The second-order valence-electron chi connectivity index (χ2n) is 4.83. The third-order valence-electron chi connectivity index (χ3n) is 3.22. The van der Waals surface area contributed by atoms with Gasteiger partial charge in [0.1, 0.15) is 11.5 Å². The Bertz CT molecular complexity index is 825. The van der Waals surface area contributed by atoms with Gasteiger partial charge in [0.25, 0.3) is 0 Å². The van der Waals surface area contributed by atoms with Gasteiger partial charge in [-0.15, -0.1) is 0 Å². The number of hydrogen-bond acceptors (Lipinski definition) is 4. The molecule has 1 aromatic heterocycles. The highest BCUT2D eigenvalue weighted by atomic mass is 32.2. The average molecular weight is 329 g/mol. The average Bonchev–Trinajstić information content (AvgIpc) is 2.99. The van der Waals surface area contributed by atoms with Gasteiger partial charge in [-0.2, -0.15) is 0 Å². The number of aromatic nitrogens is 2. The lowest BCUT2D eigenvalue weighted by Gasteiger charge is -2.05. The molecule has 23 heavy (non-hydrogen) atoms. The number of nitrogens with one attached hydrogen (secondary N) is 2. The third-order valence-corrected chi connectivity index (χ3v) is 4.37. The van der Waals surface area contributed by atoms with Gasteiger partial charge in [0.2, 0.25) is 5.91 Å². The zero-order chi connectivity index (χ0) is 16.2. The van der Waals surface area contributed by atoms with Gasteiger partial charge < -0.3 is 15.0 Å². The van der Waals surface area contributed by atoms with E-state index in [-0.39, 0.29) is 11.7 Å². The Morgan fingerprint density at radius 1 is 1.22 bits per heavy atom. The van der Waals surface area contributed by atoms with Crippen molar-refractivity contribution in [2.24, 2.45) is 0 Å². The number of aromatic amines is 1. The molecule has 1 heterocycles. The van der Waals surface area contributed by atoms with Crippen molar-refractivity contribution in [1.29, 1.82) is 0 Å². The van der Waals surface area contributed by atoms with Crippen molar-refractivity contribution in [2.75, 3.05) is 18.2 Å². The molecule has 3 rings (SSSR count). The van der Waals surface area contributed by atoms with Crippen molar-refractivity contribution < 1.29 is 13.7 Å². The van der Waals surface area contributed by atoms with Crippen LogP contribution in [0.25, 0.3) is 11.0 Å². The number of hydrogen-bond donors (Lipinski definition) is 2. The molecule has 0 bridgehead atoms. The molecule has 3 aromatic rings. The summed E-state index contributed by atoms with van der Waals surface area (Å²) in [5.74, 6) is 0.203. The van der Waals surface area contributed by atoms with Crippen molar-refractivity contribution in [1.82, 2.24) is 9.97 Å². The van der Waals surface area contributed by atoms with Gasteiger partial charge in [-0.25, -0.2) is 4.98 Å². The minimum absolute atomic E-state index is 0.161. The maximum Gasteiger partial charge on any atom is 0.237 e. The topological polar surface area (TPSA) is 84.1 Å². The molecule has 2 aromatic carbocycles. The predicted molar refractivity (Wildman–Crippen MR) is 89.0 cm³/mol. The Morgan fingerprint density at radius 2 is 1.96 bits per heavy atom. The van der Waals surface area contributed by atoms with Crippen LogP contribution in [-0.2, 0) is 15.6 Å². The minimum atomic E-state index is -1.53. The van der Waals surface area contributed by atoms with E-state index in [4.69, 9.17) is 4.74 Å². The maximum absolute atomic E-state index is 12.3. The predicted octanol–water partition coefficient (Wildman–Crippen LogP) is 2.32. The molecule has 0 aliphatic heterocycles. The second-order valence-corrected chi connectivity index (χ2v) is 6.19. The van der Waals surface area contributed by atoms with Gasteiger partial charge in [0, 0.05) is 5.69 Å². The van der Waals surface area contributed by atoms with Crippen molar-refractivity contribution in [2.45, 2.75) is 5.16 Å². The smallest absolute Gasteiger partial charge is 0.237 e. The first-order valence-electron chi connectivity index (χ1n) is 6.93. The zero-order valence-electron chi connectivity index (χ0n) is 12.4. The van der Waals surface area contributed by atoms with E-state index in [9.17, 15) is 9.00 Å². The van der Waals surface area contributed by atoms with E-state index in [1.165, 1.54) is 0 Å². The standard InChI is InChI=1S/C16H15N3O3S/c1-22-12-8-6-11(7-9-12)17-15(20)10-23(21)16-18-13-4-2-3-5-14(13)19-16/h2-9H,10H2,1H3,(H,17,20)(H,18,19). The molecule has 1 atom stereocenters. The van der Waals surface area contributed by atoms with Crippen LogP contribution in [0.1, 0.15) is 0 Å². The molecule has 0 fully saturated rings. The fraction of sp³-hybridized carbons (Fsp3) is 0.125. The number of imidazole rings is 1. The monoisotopic (exact) mass is 329 g/mol. The summed E-state index contributed by atoms with van der Waals surface area (Å²) in [4.78, 5) is 19.2. The second kappa shape index (κ2) is 6.62. The fourth-order valence-electron chi connectivity index (χ4n) is 2.10. The minimum Gasteiger partial charge on any atom is -0.497 e. The number of carbonyl (C=O) groups excluding carboxylic acids is 1. The Labute approximate surface area is 135 Å². The number of ether oxygens (including phenoxy) is 1. The highest BCUT2D eigenvalue weighted by molar-refractivity contribution is 7.85. The number of fused-ring (bicyclic) bond motifs is 1. The molecule has 0 aliphatic rings. The molecule has 1 amide bonds. The lowest BCUT2D eigenvalue weighted by atomic mass is 10.3. The first kappa shape index (κ1) is 15.2. The Morgan fingerprint density at radius 3 is 2.65 bits per heavy atom. The quantitative estimate of drug-likeness (QED) is 0.752. The molecule has 0 saturated heterocycles. The van der Waals surface area contributed by atoms with Crippen LogP contribution in [0.4, 0.5) is 5.69 Å². The Kier molecular flexibility index (Phi) is 4.38. The normalized spacial score (nSPS) is 12.0. The van der Waals surface area contributed by atoms with E-state index < -0.39 is 10.8 Å². The first-order chi connectivity index (χ1) is 11.2. The van der Waals surface area contributed by atoms with E-state index in [1.54, 1.807) is 31.4 Å². The van der Waals surface area contributed by atoms with Crippen LogP contribution in [0.2, 0.25) is 0 Å². The summed E-state index contributed by atoms with van der Waals surface area (Å²) in [5.41, 5.74) is 2.15. The number of amides is 1. The zero-order valence-corrected chi connectivity index (χ0v) is 13.2. The summed E-state index contributed by atoms with van der Waals surface area (Å²) in [7, 11) is 0.0443. The molecule has 2 N–H and O–H groups in total. The number of carbonyl (C=O) groups is 1. The molecular formula is C16H15N3O3S. The summed E-state index contributed by atoms with van der Waals surface area (Å²) < 4.78 is 17.3. The SMILES string of the molecule is COc1ccc(NC(=O)CS(=O)c2nc3ccccc3[nH]2)cc1. The summed E-state index contributed by atoms with van der Waals surface area (Å²) in [6.07, 6.45) is 0. The molecule has 6 nitrogen and oxygen atoms in total. The van der Waals surface area contributed by atoms with Gasteiger partial charge in [0.05, 0.1) is 28.9 Å². The van der Waals surface area contributed by atoms with Crippen molar-refractivity contribution in [3.63, 3.8) is 0 Å². The molecule has 0 aliphatic carbocycles. The van der Waals surface area contributed by atoms with E-state index in [1.807, 2.05) is 24.3 Å². The number of rotatable bonds is 5. The summed E-state index contributed by atoms with van der Waals surface area (Å²) in [6.45, 7) is 0. The van der Waals surface area contributed by atoms with Gasteiger partial charge >= 0.3 is 0 Å². The number of benzene rings is 2. The van der Waals surface area contributed by atoms with Gasteiger partial charge in [-0.05, 0) is 36.4 Å². The number of nitrogens with zero attached hydrogens (tertiary/aromatic N) is 1. The fourth-order valence-corrected chi connectivity index (χ4v) is 2.97. The van der Waals surface area contributed by atoms with Crippen LogP contribution in [0.5, 0.6) is 5.75 Å². The lowest BCUT2D eigenvalue weighted by Crippen LogP contribution is -2.20. The molecule has 118 valence electrons. The summed E-state index contributed by atoms with van der Waals surface area (Å²) in [6, 6.07) is 14.3. The van der Waals surface area contributed by atoms with Gasteiger partial charge in [-0.1, -0.05) is 12.1 Å². The Hall–Kier alpha value is -2.67. The van der Waals surface area contributed by atoms with Crippen LogP contribution in [0.3, 0.4) is 0 Å². The lowest BCUT2D eigenvalue weighted by molar-refractivity contribution is -0.113. The van der Waals surface area contributed by atoms with Crippen LogP contribution in [0, 0.1) is 0 Å². The number of para-hydroxylation sites is 2. The van der Waals surface area contributed by atoms with Crippen LogP contribution in [0.15, 0.2) is 53.7 Å². The molecular weight excluding hydrogens is 314 g/mol. The number of anilines is 1. The Balaban J connectivity index is 1.65. The van der Waals surface area contributed by atoms with E-state index in [0.29, 0.717) is 16.6 Å². The van der Waals surface area contributed by atoms with Crippen molar-refractivity contribution >= 4 is 33.4 Å². The number of methoxy groups -OCH3 is 1. The maximum atomic E-state index is 12.3. The third kappa shape index (κ3) is 3.57. The summed E-state index contributed by atoms with van der Waals surface area (Å²) >= 11 is 0. The summed E-state index contributed by atoms with van der Waals surface area (Å²) in [5, 5.41) is 3.00. The van der Waals surface area contributed by atoms with Crippen molar-refractivity contribution in [3.05, 3.63) is 48.5 Å². The van der Waals surface area contributed by atoms with Gasteiger partial charge in [0.15, 0.2) is 5.16 Å². The molecule has 7 heteroatoms. The molecule has 0 spiro atoms. The van der Waals surface area contributed by atoms with E-state index in [2.05, 4.69) is 15.3 Å². The van der Waals surface area contributed by atoms with Crippen LogP contribution < -0.4 is 10.1 Å². The highest BCUT2D eigenvalue weighted by Gasteiger charge is 2.14. The molecule has 1 unspecified atom stereocenters. The van der Waals surface area contributed by atoms with Crippen LogP contribution in [-0.4, -0.2) is 32.9 Å². The molecule has 0 saturated carbocycles. The van der Waals surface area contributed by atoms with E-state index >= 15 is 0 Å². The molecule has 0 radical (unpaired) electrons. The first-order valence-corrected chi connectivity index (χ1v) is 8.24. The van der Waals surface area contributed by atoms with Crippen molar-refractivity contribution in [3.8, 4) is 5.75 Å².